The van der Waals surface area contributed by atoms with E-state index in [0.29, 0.717) is 36.9 Å². The minimum absolute atomic E-state index is 0.0000332. The van der Waals surface area contributed by atoms with Crippen LogP contribution in [-0.4, -0.2) is 87.9 Å². The zero-order valence-corrected chi connectivity index (χ0v) is 30.9. The third kappa shape index (κ3) is 8.15. The van der Waals surface area contributed by atoms with Crippen LogP contribution in [0.15, 0.2) is 24.5 Å². The van der Waals surface area contributed by atoms with Crippen molar-refractivity contribution in [3.63, 3.8) is 0 Å². The average Bonchev–Trinajstić information content (AvgIpc) is 3.04. The molecule has 3 aliphatic rings. The summed E-state index contributed by atoms with van der Waals surface area (Å²) in [6.45, 7) is 13.5. The van der Waals surface area contributed by atoms with Crippen LogP contribution in [0.3, 0.4) is 0 Å². The second kappa shape index (κ2) is 13.9. The SMILES string of the molecule is Cc1c(-c2cc3cc(NC(=O)OC4CC5(CCN(C(=O)OC(C)(C)C)CC5)C4)ncc3c(NC(=O)OC(C)(C)C)c2F)cnc2c1N(C(=O)O)CCO2. The van der Waals surface area contributed by atoms with E-state index in [2.05, 4.69) is 20.6 Å². The number of anilines is 3. The molecule has 2 aliphatic heterocycles. The maximum Gasteiger partial charge on any atom is 0.413 e. The molecule has 4 amide bonds. The zero-order chi connectivity index (χ0) is 38.5. The van der Waals surface area contributed by atoms with Gasteiger partial charge in [0.1, 0.15) is 35.4 Å². The van der Waals surface area contributed by atoms with Crippen molar-refractivity contribution in [2.24, 2.45) is 5.41 Å². The van der Waals surface area contributed by atoms with Gasteiger partial charge < -0.3 is 29.0 Å². The first kappa shape index (κ1) is 37.4. The quantitative estimate of drug-likeness (QED) is 0.223. The number of hydrogen-bond donors (Lipinski definition) is 3. The fraction of sp³-hybridized carbons (Fsp3) is 0.514. The van der Waals surface area contributed by atoms with Gasteiger partial charge in [-0.25, -0.2) is 33.5 Å². The number of ether oxygens (including phenoxy) is 4. The summed E-state index contributed by atoms with van der Waals surface area (Å²) in [6, 6.07) is 3.02. The van der Waals surface area contributed by atoms with Gasteiger partial charge in [-0.05, 0) is 103 Å². The second-order valence-electron chi connectivity index (χ2n) is 15.8. The number of amides is 4. The number of nitrogens with zero attached hydrogens (tertiary/aromatic N) is 4. The van der Waals surface area contributed by atoms with E-state index in [9.17, 15) is 24.3 Å². The molecule has 6 rings (SSSR count). The van der Waals surface area contributed by atoms with Gasteiger partial charge in [0.15, 0.2) is 5.82 Å². The Bertz CT molecular complexity index is 1960. The first-order valence-electron chi connectivity index (χ1n) is 17.5. The van der Waals surface area contributed by atoms with Crippen molar-refractivity contribution in [3.8, 4) is 17.0 Å². The Labute approximate surface area is 306 Å². The summed E-state index contributed by atoms with van der Waals surface area (Å²) in [5.41, 5.74) is -0.822. The summed E-state index contributed by atoms with van der Waals surface area (Å²) in [7, 11) is 0. The van der Waals surface area contributed by atoms with Gasteiger partial charge in [-0.2, -0.15) is 0 Å². The fourth-order valence-corrected chi connectivity index (χ4v) is 7.04. The number of piperidine rings is 1. The van der Waals surface area contributed by atoms with Crippen LogP contribution in [0.5, 0.6) is 5.88 Å². The lowest BCUT2D eigenvalue weighted by Gasteiger charge is -2.51. The maximum absolute atomic E-state index is 16.5. The number of carbonyl (C=O) groups is 4. The van der Waals surface area contributed by atoms with Crippen molar-refractivity contribution in [3.05, 3.63) is 35.9 Å². The van der Waals surface area contributed by atoms with Crippen LogP contribution >= 0.6 is 0 Å². The number of pyridine rings is 2. The topological polar surface area (TPSA) is 182 Å². The third-order valence-electron chi connectivity index (χ3n) is 9.51. The molecule has 53 heavy (non-hydrogen) atoms. The lowest BCUT2D eigenvalue weighted by molar-refractivity contribution is -0.0717. The smallest absolute Gasteiger partial charge is 0.413 e. The molecule has 3 aromatic rings. The maximum atomic E-state index is 16.5. The molecule has 0 bridgehead atoms. The summed E-state index contributed by atoms with van der Waals surface area (Å²) in [5, 5.41) is 15.6. The first-order valence-corrected chi connectivity index (χ1v) is 17.5. The monoisotopic (exact) mass is 736 g/mol. The molecule has 16 heteroatoms. The number of halogens is 1. The van der Waals surface area contributed by atoms with E-state index < -0.39 is 35.3 Å². The number of rotatable bonds is 4. The van der Waals surface area contributed by atoms with Crippen LogP contribution in [0.2, 0.25) is 0 Å². The number of fused-ring (bicyclic) bond motifs is 2. The van der Waals surface area contributed by atoms with Crippen molar-refractivity contribution in [1.29, 1.82) is 0 Å². The van der Waals surface area contributed by atoms with E-state index in [-0.39, 0.29) is 70.3 Å². The number of nitrogens with one attached hydrogen (secondary N) is 2. The molecular weight excluding hydrogens is 691 g/mol. The Balaban J connectivity index is 1.22. The summed E-state index contributed by atoms with van der Waals surface area (Å²) in [4.78, 5) is 61.8. The molecule has 1 saturated carbocycles. The predicted molar refractivity (Wildman–Crippen MR) is 193 cm³/mol. The molecule has 0 atom stereocenters. The van der Waals surface area contributed by atoms with Gasteiger partial charge in [0.05, 0.1) is 12.2 Å². The van der Waals surface area contributed by atoms with Gasteiger partial charge in [0.25, 0.3) is 0 Å². The summed E-state index contributed by atoms with van der Waals surface area (Å²) < 4.78 is 38.7. The van der Waals surface area contributed by atoms with Crippen LogP contribution in [0, 0.1) is 18.2 Å². The second-order valence-corrected chi connectivity index (χ2v) is 15.8. The highest BCUT2D eigenvalue weighted by molar-refractivity contribution is 6.05. The minimum atomic E-state index is -1.21. The summed E-state index contributed by atoms with van der Waals surface area (Å²) in [5.74, 6) is -0.607. The van der Waals surface area contributed by atoms with Gasteiger partial charge in [-0.1, -0.05) is 0 Å². The van der Waals surface area contributed by atoms with Crippen molar-refractivity contribution in [2.75, 3.05) is 41.8 Å². The summed E-state index contributed by atoms with van der Waals surface area (Å²) >= 11 is 0. The molecule has 2 fully saturated rings. The molecule has 1 saturated heterocycles. The van der Waals surface area contributed by atoms with Crippen LogP contribution in [0.25, 0.3) is 21.9 Å². The van der Waals surface area contributed by atoms with Gasteiger partial charge in [-0.3, -0.25) is 15.5 Å². The highest BCUT2D eigenvalue weighted by atomic mass is 19.1. The van der Waals surface area contributed by atoms with E-state index in [0.717, 1.165) is 17.7 Å². The van der Waals surface area contributed by atoms with E-state index in [4.69, 9.17) is 18.9 Å². The lowest BCUT2D eigenvalue weighted by Crippen LogP contribution is -2.52. The zero-order valence-electron chi connectivity index (χ0n) is 30.9. The Morgan fingerprint density at radius 1 is 0.925 bits per heavy atom. The third-order valence-corrected chi connectivity index (χ3v) is 9.51. The number of carbonyl (C=O) groups excluding carboxylic acids is 3. The van der Waals surface area contributed by atoms with E-state index >= 15 is 4.39 Å². The van der Waals surface area contributed by atoms with Gasteiger partial charge >= 0.3 is 24.4 Å². The van der Waals surface area contributed by atoms with E-state index in [1.807, 2.05) is 20.8 Å². The van der Waals surface area contributed by atoms with Crippen LogP contribution < -0.4 is 20.3 Å². The Hall–Kier alpha value is -5.41. The lowest BCUT2D eigenvalue weighted by atomic mass is 9.61. The molecular formula is C37H45FN6O9. The standard InChI is InChI=1S/C37H45FN6O9/c1-20-24(18-40-30-29(20)44(33(47)48)12-13-50-30)23-14-21-15-26(39-19-25(21)28(27(23)38)42-32(46)52-35(2,3)4)41-31(45)51-22-16-37(17-22)8-10-43(11-9-37)34(49)53-36(5,6)7/h14-15,18-19,22H,8-13,16-17H2,1-7H3,(H,42,46)(H,47,48)(H,39,41,45). The normalized spacial score (nSPS) is 17.0. The Kier molecular flexibility index (Phi) is 9.77. The molecule has 15 nitrogen and oxygen atoms in total. The molecule has 4 heterocycles. The predicted octanol–water partition coefficient (Wildman–Crippen LogP) is 7.70. The Morgan fingerprint density at radius 2 is 1.60 bits per heavy atom. The van der Waals surface area contributed by atoms with Gasteiger partial charge in [0, 0.05) is 42.0 Å². The highest BCUT2D eigenvalue weighted by Crippen LogP contribution is 2.50. The highest BCUT2D eigenvalue weighted by Gasteiger charge is 2.48. The molecule has 2 aromatic heterocycles. The van der Waals surface area contributed by atoms with Crippen molar-refractivity contribution >= 4 is 52.3 Å². The number of aromatic nitrogens is 2. The number of hydrogen-bond acceptors (Lipinski definition) is 10. The van der Waals surface area contributed by atoms with Crippen LogP contribution in [0.4, 0.5) is 40.8 Å². The van der Waals surface area contributed by atoms with Gasteiger partial charge in [0.2, 0.25) is 5.88 Å². The molecule has 0 radical (unpaired) electrons. The Morgan fingerprint density at radius 3 is 2.25 bits per heavy atom. The van der Waals surface area contributed by atoms with Gasteiger partial charge in [-0.15, -0.1) is 0 Å². The number of carboxylic acid groups (broad SMARTS) is 1. The number of benzene rings is 1. The van der Waals surface area contributed by atoms with E-state index in [1.165, 1.54) is 24.5 Å². The molecule has 1 spiro atoms. The van der Waals surface area contributed by atoms with Crippen LogP contribution in [0.1, 0.15) is 72.8 Å². The largest absolute Gasteiger partial charge is 0.474 e. The molecule has 0 unspecified atom stereocenters. The molecule has 1 aliphatic carbocycles. The van der Waals surface area contributed by atoms with Crippen molar-refractivity contribution in [1.82, 2.24) is 14.9 Å². The molecule has 3 N–H and O–H groups in total. The molecule has 284 valence electrons. The summed E-state index contributed by atoms with van der Waals surface area (Å²) in [6.07, 6.45) is 2.19. The average molecular weight is 737 g/mol. The first-order chi connectivity index (χ1) is 24.8. The van der Waals surface area contributed by atoms with E-state index in [1.54, 1.807) is 32.6 Å². The van der Waals surface area contributed by atoms with Crippen LogP contribution in [-0.2, 0) is 14.2 Å². The molecule has 1 aromatic carbocycles. The fourth-order valence-electron chi connectivity index (χ4n) is 7.04. The van der Waals surface area contributed by atoms with Crippen molar-refractivity contribution < 1.29 is 47.6 Å². The number of likely N-dealkylation sites (tertiary alicyclic amines) is 1. The minimum Gasteiger partial charge on any atom is -0.474 e. The van der Waals surface area contributed by atoms with Crippen molar-refractivity contribution in [2.45, 2.75) is 91.5 Å².